The van der Waals surface area contributed by atoms with E-state index < -0.39 is 0 Å². The Labute approximate surface area is 88.0 Å². The molecule has 0 radical (unpaired) electrons. The molecule has 0 aromatic carbocycles. The second-order valence-corrected chi connectivity index (χ2v) is 4.37. The van der Waals surface area contributed by atoms with E-state index in [1.165, 1.54) is 11.3 Å². The van der Waals surface area contributed by atoms with E-state index >= 15 is 0 Å². The van der Waals surface area contributed by atoms with Gasteiger partial charge in [0.05, 0.1) is 7.11 Å². The molecule has 1 aliphatic rings. The first kappa shape index (κ1) is 9.80. The summed E-state index contributed by atoms with van der Waals surface area (Å²) in [5.74, 6) is 2.91. The van der Waals surface area contributed by atoms with Crippen LogP contribution in [0.1, 0.15) is 16.8 Å². The van der Waals surface area contributed by atoms with Crippen molar-refractivity contribution in [2.75, 3.05) is 12.9 Å². The van der Waals surface area contributed by atoms with Crippen LogP contribution in [0.25, 0.3) is 0 Å². The Kier molecular flexibility index (Phi) is 2.93. The summed E-state index contributed by atoms with van der Waals surface area (Å²) in [6.07, 6.45) is 1.04. The van der Waals surface area contributed by atoms with Gasteiger partial charge in [-0.1, -0.05) is 0 Å². The number of fused-ring (bicyclic) bond motifs is 1. The number of ether oxygens (including phenoxy) is 1. The van der Waals surface area contributed by atoms with Gasteiger partial charge >= 0.3 is 0 Å². The number of rotatable bonds is 2. The number of nitrogens with two attached hydrogens (primary N) is 1. The van der Waals surface area contributed by atoms with E-state index in [4.69, 9.17) is 10.5 Å². The zero-order valence-electron chi connectivity index (χ0n) is 8.25. The molecule has 0 unspecified atom stereocenters. The molecule has 0 saturated heterocycles. The molecule has 76 valence electrons. The predicted octanol–water partition coefficient (Wildman–Crippen LogP) is 1.34. The van der Waals surface area contributed by atoms with Crippen LogP contribution in [0.15, 0.2) is 6.07 Å². The molecule has 0 saturated carbocycles. The van der Waals surface area contributed by atoms with Crippen LogP contribution < -0.4 is 10.5 Å². The lowest BCUT2D eigenvalue weighted by Gasteiger charge is -2.17. The monoisotopic (exact) mass is 210 g/mol. The number of aromatic nitrogens is 1. The molecule has 2 N–H and O–H groups in total. The van der Waals surface area contributed by atoms with E-state index in [1.54, 1.807) is 7.11 Å². The summed E-state index contributed by atoms with van der Waals surface area (Å²) in [6, 6.07) is 2.13. The van der Waals surface area contributed by atoms with E-state index in [0.717, 1.165) is 23.5 Å². The summed E-state index contributed by atoms with van der Waals surface area (Å²) in [7, 11) is 1.64. The van der Waals surface area contributed by atoms with Crippen molar-refractivity contribution >= 4 is 11.8 Å². The number of aryl methyl sites for hydroxylation is 1. The molecule has 4 heteroatoms. The van der Waals surface area contributed by atoms with Gasteiger partial charge in [-0.2, -0.15) is 11.8 Å². The average Bonchev–Trinajstić information content (AvgIpc) is 2.27. The predicted molar refractivity (Wildman–Crippen MR) is 58.5 cm³/mol. The maximum Gasteiger partial charge on any atom is 0.217 e. The fourth-order valence-corrected chi connectivity index (χ4v) is 2.59. The zero-order chi connectivity index (χ0) is 9.97. The number of hydrogen-bond acceptors (Lipinski definition) is 4. The fraction of sp³-hybridized carbons (Fsp3) is 0.500. The maximum absolute atomic E-state index is 5.63. The van der Waals surface area contributed by atoms with Gasteiger partial charge in [-0.3, -0.25) is 0 Å². The van der Waals surface area contributed by atoms with Crippen molar-refractivity contribution in [1.29, 1.82) is 0 Å². The molecule has 0 fully saturated rings. The first-order valence-electron chi connectivity index (χ1n) is 4.68. The molecule has 0 aliphatic carbocycles. The van der Waals surface area contributed by atoms with Gasteiger partial charge in [0, 0.05) is 23.6 Å². The van der Waals surface area contributed by atoms with Crippen LogP contribution in [0.2, 0.25) is 0 Å². The second-order valence-electron chi connectivity index (χ2n) is 3.27. The minimum Gasteiger partial charge on any atom is -0.481 e. The van der Waals surface area contributed by atoms with Crippen LogP contribution >= 0.6 is 11.8 Å². The Bertz CT molecular complexity index is 297. The van der Waals surface area contributed by atoms with Gasteiger partial charge in [0.2, 0.25) is 5.88 Å². The molecule has 0 atom stereocenters. The highest BCUT2D eigenvalue weighted by atomic mass is 32.2. The zero-order valence-corrected chi connectivity index (χ0v) is 9.06. The van der Waals surface area contributed by atoms with Gasteiger partial charge in [-0.05, 0) is 23.8 Å². The quantitative estimate of drug-likeness (QED) is 0.800. The minimum atomic E-state index is 0.494. The Hall–Kier alpha value is -0.740. The smallest absolute Gasteiger partial charge is 0.217 e. The number of thioether (sulfide) groups is 1. The third-order valence-corrected chi connectivity index (χ3v) is 3.39. The van der Waals surface area contributed by atoms with Crippen molar-refractivity contribution in [3.8, 4) is 5.88 Å². The normalized spacial score (nSPS) is 15.0. The summed E-state index contributed by atoms with van der Waals surface area (Å²) in [4.78, 5) is 4.49. The van der Waals surface area contributed by atoms with E-state index in [1.807, 2.05) is 11.8 Å². The second kappa shape index (κ2) is 4.19. The fourth-order valence-electron chi connectivity index (χ4n) is 1.64. The number of methoxy groups -OCH3 is 1. The van der Waals surface area contributed by atoms with Crippen LogP contribution in [0.5, 0.6) is 5.88 Å². The van der Waals surface area contributed by atoms with Crippen molar-refractivity contribution in [3.63, 3.8) is 0 Å². The minimum absolute atomic E-state index is 0.494. The molecule has 1 aromatic rings. The SMILES string of the molecule is COc1nc2c(cc1CN)CSCC2. The highest BCUT2D eigenvalue weighted by molar-refractivity contribution is 7.98. The number of nitrogens with zero attached hydrogens (tertiary/aromatic N) is 1. The van der Waals surface area contributed by atoms with Crippen LogP contribution in [0, 0.1) is 0 Å². The molecule has 14 heavy (non-hydrogen) atoms. The van der Waals surface area contributed by atoms with Crippen molar-refractivity contribution in [2.24, 2.45) is 5.73 Å². The number of pyridine rings is 1. The Morgan fingerprint density at radius 3 is 3.21 bits per heavy atom. The molecule has 0 bridgehead atoms. The highest BCUT2D eigenvalue weighted by Gasteiger charge is 2.14. The average molecular weight is 210 g/mol. The van der Waals surface area contributed by atoms with E-state index in [0.29, 0.717) is 12.4 Å². The van der Waals surface area contributed by atoms with Crippen LogP contribution in [0.4, 0.5) is 0 Å². The first-order valence-corrected chi connectivity index (χ1v) is 5.84. The topological polar surface area (TPSA) is 48.1 Å². The van der Waals surface area contributed by atoms with Gasteiger partial charge in [0.15, 0.2) is 0 Å². The van der Waals surface area contributed by atoms with Gasteiger partial charge in [0.25, 0.3) is 0 Å². The third-order valence-electron chi connectivity index (χ3n) is 2.38. The standard InChI is InChI=1S/C10H14N2OS/c1-13-10-7(5-11)4-8-6-14-3-2-9(8)12-10/h4H,2-3,5-6,11H2,1H3. The summed E-state index contributed by atoms with van der Waals surface area (Å²) in [5, 5.41) is 0. The van der Waals surface area contributed by atoms with Gasteiger partial charge in [-0.25, -0.2) is 4.98 Å². The molecule has 1 aromatic heterocycles. The van der Waals surface area contributed by atoms with E-state index in [2.05, 4.69) is 11.1 Å². The van der Waals surface area contributed by atoms with Crippen molar-refractivity contribution in [2.45, 2.75) is 18.7 Å². The third kappa shape index (κ3) is 1.72. The molecular formula is C10H14N2OS. The first-order chi connectivity index (χ1) is 6.85. The summed E-state index contributed by atoms with van der Waals surface area (Å²) in [6.45, 7) is 0.494. The maximum atomic E-state index is 5.63. The Morgan fingerprint density at radius 2 is 2.50 bits per heavy atom. The Morgan fingerprint density at radius 1 is 1.64 bits per heavy atom. The molecule has 2 rings (SSSR count). The van der Waals surface area contributed by atoms with Crippen molar-refractivity contribution in [1.82, 2.24) is 4.98 Å². The molecule has 0 spiro atoms. The van der Waals surface area contributed by atoms with Gasteiger partial charge < -0.3 is 10.5 Å². The lowest BCUT2D eigenvalue weighted by Crippen LogP contribution is -2.10. The highest BCUT2D eigenvalue weighted by Crippen LogP contribution is 2.27. The van der Waals surface area contributed by atoms with Crippen LogP contribution in [0.3, 0.4) is 0 Å². The molecule has 2 heterocycles. The lowest BCUT2D eigenvalue weighted by atomic mass is 10.1. The molecule has 0 amide bonds. The Balaban J connectivity index is 2.43. The van der Waals surface area contributed by atoms with Gasteiger partial charge in [-0.15, -0.1) is 0 Å². The summed E-state index contributed by atoms with van der Waals surface area (Å²) in [5.41, 5.74) is 9.14. The van der Waals surface area contributed by atoms with Crippen molar-refractivity contribution < 1.29 is 4.74 Å². The largest absolute Gasteiger partial charge is 0.481 e. The molecule has 3 nitrogen and oxygen atoms in total. The lowest BCUT2D eigenvalue weighted by molar-refractivity contribution is 0.391. The molecular weight excluding hydrogens is 196 g/mol. The van der Waals surface area contributed by atoms with Gasteiger partial charge in [0.1, 0.15) is 0 Å². The molecule has 1 aliphatic heterocycles. The van der Waals surface area contributed by atoms with Crippen molar-refractivity contribution in [3.05, 3.63) is 22.9 Å². The van der Waals surface area contributed by atoms with E-state index in [9.17, 15) is 0 Å². The number of hydrogen-bond donors (Lipinski definition) is 1. The van der Waals surface area contributed by atoms with Crippen LogP contribution in [-0.2, 0) is 18.7 Å². The van der Waals surface area contributed by atoms with Crippen LogP contribution in [-0.4, -0.2) is 17.8 Å². The van der Waals surface area contributed by atoms with E-state index in [-0.39, 0.29) is 0 Å². The summed E-state index contributed by atoms with van der Waals surface area (Å²) < 4.78 is 5.20. The summed E-state index contributed by atoms with van der Waals surface area (Å²) >= 11 is 1.95.